The van der Waals surface area contributed by atoms with Crippen LogP contribution in [-0.2, 0) is 0 Å². The van der Waals surface area contributed by atoms with Crippen molar-refractivity contribution >= 4 is 22.7 Å². The summed E-state index contributed by atoms with van der Waals surface area (Å²) in [6.07, 6.45) is 2.70. The highest BCUT2D eigenvalue weighted by Crippen LogP contribution is 2.17. The lowest BCUT2D eigenvalue weighted by Gasteiger charge is -2.20. The highest BCUT2D eigenvalue weighted by atomic mass is 15.2. The van der Waals surface area contributed by atoms with E-state index in [4.69, 9.17) is 5.73 Å². The third-order valence-electron chi connectivity index (χ3n) is 3.89. The predicted molar refractivity (Wildman–Crippen MR) is 83.8 cm³/mol. The molecule has 5 nitrogen and oxygen atoms in total. The molecule has 1 aliphatic heterocycles. The molecule has 5 heteroatoms. The lowest BCUT2D eigenvalue weighted by Crippen LogP contribution is -2.29. The molecule has 1 atom stereocenters. The third kappa shape index (κ3) is 3.04. The summed E-state index contributed by atoms with van der Waals surface area (Å²) in [6.45, 7) is 6.90. The molecule has 0 bridgehead atoms. The molecule has 2 heterocycles. The topological polar surface area (TPSA) is 70.0 Å². The molecule has 0 spiro atoms. The van der Waals surface area contributed by atoms with Gasteiger partial charge in [0.25, 0.3) is 0 Å². The zero-order valence-electron chi connectivity index (χ0n) is 12.0. The number of H-pyrrole nitrogens is 1. The largest absolute Gasteiger partial charge is 0.399 e. The third-order valence-corrected chi connectivity index (χ3v) is 3.89. The van der Waals surface area contributed by atoms with Gasteiger partial charge in [0.1, 0.15) is 0 Å². The number of anilines is 2. The summed E-state index contributed by atoms with van der Waals surface area (Å²) in [6, 6.07) is 5.74. The van der Waals surface area contributed by atoms with Crippen molar-refractivity contribution in [3.63, 3.8) is 0 Å². The van der Waals surface area contributed by atoms with Gasteiger partial charge >= 0.3 is 0 Å². The number of aromatic amines is 1. The zero-order chi connectivity index (χ0) is 13.9. The average molecular weight is 273 g/mol. The molecule has 1 aromatic carbocycles. The van der Waals surface area contributed by atoms with Crippen LogP contribution in [0.25, 0.3) is 11.0 Å². The van der Waals surface area contributed by atoms with Gasteiger partial charge in [0, 0.05) is 18.8 Å². The highest BCUT2D eigenvalue weighted by Gasteiger charge is 2.14. The second kappa shape index (κ2) is 5.71. The Morgan fingerprint density at radius 2 is 2.20 bits per heavy atom. The minimum absolute atomic E-state index is 0.617. The Labute approximate surface area is 119 Å². The molecule has 0 amide bonds. The number of aromatic nitrogens is 2. The van der Waals surface area contributed by atoms with Gasteiger partial charge in [-0.3, -0.25) is 0 Å². The number of rotatable bonds is 5. The van der Waals surface area contributed by atoms with Crippen LogP contribution in [0, 0.1) is 5.92 Å². The molecule has 0 radical (unpaired) electrons. The van der Waals surface area contributed by atoms with Crippen molar-refractivity contribution in [1.82, 2.24) is 14.9 Å². The first kappa shape index (κ1) is 13.2. The van der Waals surface area contributed by atoms with Gasteiger partial charge < -0.3 is 20.9 Å². The molecule has 20 heavy (non-hydrogen) atoms. The van der Waals surface area contributed by atoms with Gasteiger partial charge in [0.2, 0.25) is 5.95 Å². The summed E-state index contributed by atoms with van der Waals surface area (Å²) in [5.41, 5.74) is 8.47. The van der Waals surface area contributed by atoms with E-state index in [0.717, 1.165) is 29.2 Å². The second-order valence-corrected chi connectivity index (χ2v) is 5.86. The summed E-state index contributed by atoms with van der Waals surface area (Å²) in [4.78, 5) is 10.3. The fourth-order valence-electron chi connectivity index (χ4n) is 2.85. The van der Waals surface area contributed by atoms with Gasteiger partial charge in [-0.1, -0.05) is 6.92 Å². The summed E-state index contributed by atoms with van der Waals surface area (Å²) in [5.74, 6) is 1.45. The van der Waals surface area contributed by atoms with Crippen LogP contribution in [0.3, 0.4) is 0 Å². The van der Waals surface area contributed by atoms with Gasteiger partial charge in [-0.15, -0.1) is 0 Å². The van der Waals surface area contributed by atoms with Crippen LogP contribution >= 0.6 is 0 Å². The normalized spacial score (nSPS) is 17.6. The molecule has 108 valence electrons. The van der Waals surface area contributed by atoms with Crippen LogP contribution in [0.2, 0.25) is 0 Å². The van der Waals surface area contributed by atoms with E-state index in [9.17, 15) is 0 Å². The van der Waals surface area contributed by atoms with Gasteiger partial charge in [0.15, 0.2) is 0 Å². The molecule has 1 fully saturated rings. The summed E-state index contributed by atoms with van der Waals surface area (Å²) in [5, 5.41) is 3.39. The first-order valence-electron chi connectivity index (χ1n) is 7.42. The van der Waals surface area contributed by atoms with Crippen LogP contribution in [0.4, 0.5) is 11.6 Å². The minimum atomic E-state index is 0.617. The SMILES string of the molecule is CC(CNc1nc2ccc(N)cc2[nH]1)CN1CCCC1. The Morgan fingerprint density at radius 1 is 1.40 bits per heavy atom. The maximum atomic E-state index is 5.77. The Morgan fingerprint density at radius 3 is 3.00 bits per heavy atom. The maximum Gasteiger partial charge on any atom is 0.201 e. The van der Waals surface area contributed by atoms with Crippen LogP contribution < -0.4 is 11.1 Å². The van der Waals surface area contributed by atoms with E-state index in [2.05, 4.69) is 27.1 Å². The van der Waals surface area contributed by atoms with E-state index in [-0.39, 0.29) is 0 Å². The standard InChI is InChI=1S/C15H23N5/c1-11(10-20-6-2-3-7-20)9-17-15-18-13-5-4-12(16)8-14(13)19-15/h4-5,8,11H,2-3,6-7,9-10,16H2,1H3,(H2,17,18,19). The van der Waals surface area contributed by atoms with E-state index in [1.807, 2.05) is 18.2 Å². The van der Waals surface area contributed by atoms with Crippen LogP contribution in [0.5, 0.6) is 0 Å². The maximum absolute atomic E-state index is 5.77. The van der Waals surface area contributed by atoms with Crippen LogP contribution in [-0.4, -0.2) is 41.0 Å². The summed E-state index contributed by atoms with van der Waals surface area (Å²) in [7, 11) is 0. The van der Waals surface area contributed by atoms with E-state index >= 15 is 0 Å². The van der Waals surface area contributed by atoms with Gasteiger partial charge in [-0.25, -0.2) is 4.98 Å². The van der Waals surface area contributed by atoms with E-state index in [0.29, 0.717) is 5.92 Å². The number of nitrogens with two attached hydrogens (primary N) is 1. The zero-order valence-corrected chi connectivity index (χ0v) is 12.0. The second-order valence-electron chi connectivity index (χ2n) is 5.86. The molecule has 1 unspecified atom stereocenters. The molecule has 1 aromatic heterocycles. The lowest BCUT2D eigenvalue weighted by molar-refractivity contribution is 0.294. The first-order chi connectivity index (χ1) is 9.70. The van der Waals surface area contributed by atoms with E-state index in [1.54, 1.807) is 0 Å². The number of hydrogen-bond donors (Lipinski definition) is 3. The van der Waals surface area contributed by atoms with Crippen molar-refractivity contribution in [2.75, 3.05) is 37.2 Å². The smallest absolute Gasteiger partial charge is 0.201 e. The van der Waals surface area contributed by atoms with E-state index in [1.165, 1.54) is 32.5 Å². The van der Waals surface area contributed by atoms with Crippen molar-refractivity contribution < 1.29 is 0 Å². The Hall–Kier alpha value is -1.75. The molecule has 2 aromatic rings. The van der Waals surface area contributed by atoms with Gasteiger partial charge in [-0.05, 0) is 50.0 Å². The fourth-order valence-corrected chi connectivity index (χ4v) is 2.85. The minimum Gasteiger partial charge on any atom is -0.399 e. The number of hydrogen-bond acceptors (Lipinski definition) is 4. The number of nitrogens with one attached hydrogen (secondary N) is 2. The van der Waals surface area contributed by atoms with Crippen molar-refractivity contribution in [2.45, 2.75) is 19.8 Å². The molecular weight excluding hydrogens is 250 g/mol. The van der Waals surface area contributed by atoms with Crippen molar-refractivity contribution in [3.05, 3.63) is 18.2 Å². The van der Waals surface area contributed by atoms with Crippen molar-refractivity contribution in [3.8, 4) is 0 Å². The fraction of sp³-hybridized carbons (Fsp3) is 0.533. The van der Waals surface area contributed by atoms with Gasteiger partial charge in [-0.2, -0.15) is 0 Å². The van der Waals surface area contributed by atoms with Crippen molar-refractivity contribution in [2.24, 2.45) is 5.92 Å². The number of nitrogen functional groups attached to an aromatic ring is 1. The van der Waals surface area contributed by atoms with Crippen LogP contribution in [0.1, 0.15) is 19.8 Å². The van der Waals surface area contributed by atoms with E-state index < -0.39 is 0 Å². The first-order valence-corrected chi connectivity index (χ1v) is 7.42. The molecule has 0 saturated carbocycles. The molecule has 1 aliphatic rings. The number of imidazole rings is 1. The molecule has 0 aliphatic carbocycles. The Kier molecular flexibility index (Phi) is 3.78. The molecule has 1 saturated heterocycles. The lowest BCUT2D eigenvalue weighted by atomic mass is 10.1. The molecule has 4 N–H and O–H groups in total. The Bertz CT molecular complexity index is 571. The number of benzene rings is 1. The average Bonchev–Trinajstić information content (AvgIpc) is 3.04. The number of nitrogens with zero attached hydrogens (tertiary/aromatic N) is 2. The van der Waals surface area contributed by atoms with Crippen LogP contribution in [0.15, 0.2) is 18.2 Å². The molecular formula is C15H23N5. The molecule has 3 rings (SSSR count). The number of likely N-dealkylation sites (tertiary alicyclic amines) is 1. The summed E-state index contributed by atoms with van der Waals surface area (Å²) >= 11 is 0. The predicted octanol–water partition coefficient (Wildman–Crippen LogP) is 2.29. The van der Waals surface area contributed by atoms with Crippen molar-refractivity contribution in [1.29, 1.82) is 0 Å². The quantitative estimate of drug-likeness (QED) is 0.731. The van der Waals surface area contributed by atoms with Gasteiger partial charge in [0.05, 0.1) is 11.0 Å². The number of fused-ring (bicyclic) bond motifs is 1. The highest BCUT2D eigenvalue weighted by molar-refractivity contribution is 5.80. The summed E-state index contributed by atoms with van der Waals surface area (Å²) < 4.78 is 0. The monoisotopic (exact) mass is 273 g/mol. The Balaban J connectivity index is 1.56.